The number of rotatable bonds is 2. The predicted molar refractivity (Wildman–Crippen MR) is 48.2 cm³/mol. The van der Waals surface area contributed by atoms with E-state index in [0.29, 0.717) is 0 Å². The van der Waals surface area contributed by atoms with E-state index in [4.69, 9.17) is 15.3 Å². The molecule has 7 nitrogen and oxygen atoms in total. The number of benzene rings is 1. The smallest absolute Gasteiger partial charge is 0.550 e. The Morgan fingerprint density at radius 3 is 1.53 bits per heavy atom. The Kier molecular flexibility index (Phi) is 4.94. The van der Waals surface area contributed by atoms with E-state index in [1.54, 1.807) is 0 Å². The Morgan fingerprint density at radius 2 is 1.24 bits per heavy atom. The van der Waals surface area contributed by atoms with Crippen LogP contribution in [0.3, 0.4) is 0 Å². The molecule has 0 amide bonds. The summed E-state index contributed by atoms with van der Waals surface area (Å²) in [6.45, 7) is 1.07. The molecule has 8 heteroatoms. The molecule has 1 aromatic carbocycles. The quantitative estimate of drug-likeness (QED) is 0.205. The Hall–Kier alpha value is -1.31. The van der Waals surface area contributed by atoms with Crippen LogP contribution in [0, 0.1) is 0 Å². The van der Waals surface area contributed by atoms with Crippen LogP contribution in [0.15, 0.2) is 0 Å². The Balaban J connectivity index is 0.00000256. The molecule has 0 saturated carbocycles. The van der Waals surface area contributed by atoms with Crippen molar-refractivity contribution in [1.29, 1.82) is 0 Å². The van der Waals surface area contributed by atoms with Crippen molar-refractivity contribution in [1.82, 2.24) is 0 Å². The number of aliphatic carboxylic acids is 1. The van der Waals surface area contributed by atoms with Crippen molar-refractivity contribution in [2.75, 3.05) is 0 Å². The van der Waals surface area contributed by atoms with Crippen LogP contribution in [0.4, 0.5) is 0 Å². The molecule has 17 heavy (non-hydrogen) atoms. The molecule has 0 heterocycles. The molecule has 1 rings (SSSR count). The number of carboxylic acids is 1. The van der Waals surface area contributed by atoms with Gasteiger partial charge in [-0.15, -0.1) is 0 Å². The summed E-state index contributed by atoms with van der Waals surface area (Å²) in [7, 11) is 0. The van der Waals surface area contributed by atoms with E-state index >= 15 is 0 Å². The molecule has 0 spiro atoms. The van der Waals surface area contributed by atoms with Crippen LogP contribution in [0.1, 0.15) is 18.4 Å². The van der Waals surface area contributed by atoms with E-state index in [9.17, 15) is 20.1 Å². The third kappa shape index (κ3) is 2.51. The topological polar surface area (TPSA) is 141 Å². The zero-order valence-electron chi connectivity index (χ0n) is 9.13. The first kappa shape index (κ1) is 15.7. The molecule has 0 aliphatic heterocycles. The van der Waals surface area contributed by atoms with Crippen LogP contribution in [-0.2, 0) is 4.79 Å². The van der Waals surface area contributed by atoms with E-state index in [0.717, 1.165) is 6.92 Å². The molecular formula is C9H9NaO7. The van der Waals surface area contributed by atoms with Crippen molar-refractivity contribution in [3.05, 3.63) is 5.56 Å². The summed E-state index contributed by atoms with van der Waals surface area (Å²) in [6.07, 6.45) is 0. The molecule has 1 atom stereocenters. The minimum absolute atomic E-state index is 0. The summed E-state index contributed by atoms with van der Waals surface area (Å²) in [5, 5.41) is 56.5. The Bertz CT molecular complexity index is 428. The maximum Gasteiger partial charge on any atom is 1.00 e. The fourth-order valence-electron chi connectivity index (χ4n) is 1.23. The summed E-state index contributed by atoms with van der Waals surface area (Å²) < 4.78 is 0. The Morgan fingerprint density at radius 1 is 0.941 bits per heavy atom. The van der Waals surface area contributed by atoms with Gasteiger partial charge in [0.05, 0.1) is 5.56 Å². The average molecular weight is 252 g/mol. The predicted octanol–water partition coefficient (Wildman–Crippen LogP) is -3.93. The number of phenolic OH excluding ortho intramolecular Hbond substituents is 5. The van der Waals surface area contributed by atoms with Crippen LogP contribution >= 0.6 is 0 Å². The molecular weight excluding hydrogens is 243 g/mol. The second kappa shape index (κ2) is 5.35. The van der Waals surface area contributed by atoms with E-state index in [1.807, 2.05) is 0 Å². The van der Waals surface area contributed by atoms with Crippen LogP contribution in [0.5, 0.6) is 28.7 Å². The van der Waals surface area contributed by atoms with Crippen LogP contribution in [0.2, 0.25) is 0 Å². The molecule has 5 N–H and O–H groups in total. The number of hydrogen-bond acceptors (Lipinski definition) is 7. The number of carbonyl (C=O) groups excluding carboxylic acids is 1. The largest absolute Gasteiger partial charge is 1.00 e. The first-order chi connectivity index (χ1) is 7.29. The molecule has 88 valence electrons. The zero-order valence-corrected chi connectivity index (χ0v) is 11.1. The summed E-state index contributed by atoms with van der Waals surface area (Å²) in [5.41, 5.74) is -0.632. The van der Waals surface area contributed by atoms with Crippen molar-refractivity contribution in [2.24, 2.45) is 0 Å². The molecule has 0 fully saturated rings. The molecule has 0 aromatic heterocycles. The van der Waals surface area contributed by atoms with Gasteiger partial charge in [0.15, 0.2) is 11.5 Å². The maximum absolute atomic E-state index is 10.6. The fourth-order valence-corrected chi connectivity index (χ4v) is 1.23. The van der Waals surface area contributed by atoms with Gasteiger partial charge in [0, 0.05) is 11.9 Å². The van der Waals surface area contributed by atoms with Crippen LogP contribution in [-0.4, -0.2) is 31.5 Å². The SMILES string of the molecule is CC(C(=O)[O-])c1c(O)c(O)c(O)c(O)c1O.[Na+]. The third-order valence-corrected chi connectivity index (χ3v) is 2.19. The molecule has 0 bridgehead atoms. The van der Waals surface area contributed by atoms with Gasteiger partial charge in [0.1, 0.15) is 0 Å². The minimum Gasteiger partial charge on any atom is -0.550 e. The first-order valence-electron chi connectivity index (χ1n) is 4.18. The van der Waals surface area contributed by atoms with Crippen molar-refractivity contribution < 1.29 is 65.0 Å². The number of aromatic hydroxyl groups is 5. The van der Waals surface area contributed by atoms with Gasteiger partial charge in [-0.3, -0.25) is 0 Å². The van der Waals surface area contributed by atoms with Gasteiger partial charge in [0.2, 0.25) is 17.2 Å². The fraction of sp³-hybridized carbons (Fsp3) is 0.222. The summed E-state index contributed by atoms with van der Waals surface area (Å²) >= 11 is 0. The van der Waals surface area contributed by atoms with Crippen molar-refractivity contribution >= 4 is 5.97 Å². The number of hydrogen-bond donors (Lipinski definition) is 5. The van der Waals surface area contributed by atoms with Gasteiger partial charge >= 0.3 is 29.6 Å². The monoisotopic (exact) mass is 252 g/mol. The van der Waals surface area contributed by atoms with E-state index in [-0.39, 0.29) is 29.6 Å². The van der Waals surface area contributed by atoms with Gasteiger partial charge in [-0.1, -0.05) is 6.92 Å². The summed E-state index contributed by atoms with van der Waals surface area (Å²) in [4.78, 5) is 10.6. The number of carboxylic acid groups (broad SMARTS) is 1. The van der Waals surface area contributed by atoms with Crippen molar-refractivity contribution in [3.63, 3.8) is 0 Å². The molecule has 1 aromatic rings. The molecule has 0 aliphatic carbocycles. The van der Waals surface area contributed by atoms with Crippen molar-refractivity contribution in [3.8, 4) is 28.7 Å². The second-order valence-electron chi connectivity index (χ2n) is 3.20. The minimum atomic E-state index is -1.63. The molecule has 1 unspecified atom stereocenters. The molecule has 0 radical (unpaired) electrons. The molecule has 0 aliphatic rings. The van der Waals surface area contributed by atoms with Gasteiger partial charge < -0.3 is 35.4 Å². The normalized spacial score (nSPS) is 11.6. The van der Waals surface area contributed by atoms with Gasteiger partial charge in [0.25, 0.3) is 0 Å². The van der Waals surface area contributed by atoms with Gasteiger partial charge in [-0.05, 0) is 0 Å². The third-order valence-electron chi connectivity index (χ3n) is 2.19. The van der Waals surface area contributed by atoms with E-state index < -0.39 is 46.2 Å². The standard InChI is InChI=1S/C9H10O7.Na/c1-2(9(15)16)3-4(10)6(12)8(14)7(13)5(3)11;/h2,10-14H,1H3,(H,15,16);/q;+1/p-1. The molecule has 0 saturated heterocycles. The van der Waals surface area contributed by atoms with Crippen LogP contribution < -0.4 is 34.7 Å². The van der Waals surface area contributed by atoms with Gasteiger partial charge in [-0.25, -0.2) is 0 Å². The summed E-state index contributed by atoms with van der Waals surface area (Å²) in [6, 6.07) is 0. The number of phenols is 5. The number of carbonyl (C=O) groups is 1. The second-order valence-corrected chi connectivity index (χ2v) is 3.20. The maximum atomic E-state index is 10.6. The van der Waals surface area contributed by atoms with Crippen LogP contribution in [0.25, 0.3) is 0 Å². The van der Waals surface area contributed by atoms with E-state index in [2.05, 4.69) is 0 Å². The zero-order chi connectivity index (χ0) is 12.6. The average Bonchev–Trinajstić information content (AvgIpc) is 2.23. The van der Waals surface area contributed by atoms with Crippen molar-refractivity contribution in [2.45, 2.75) is 12.8 Å². The summed E-state index contributed by atoms with van der Waals surface area (Å²) in [5.74, 6) is -8.51. The van der Waals surface area contributed by atoms with E-state index in [1.165, 1.54) is 0 Å². The first-order valence-corrected chi connectivity index (χ1v) is 4.18. The Labute approximate surface area is 118 Å². The van der Waals surface area contributed by atoms with Gasteiger partial charge in [-0.2, -0.15) is 0 Å².